The van der Waals surface area contributed by atoms with E-state index < -0.39 is 0 Å². The van der Waals surface area contributed by atoms with Crippen molar-refractivity contribution < 1.29 is 9.84 Å². The van der Waals surface area contributed by atoms with Gasteiger partial charge in [0.05, 0.1) is 13.7 Å². The van der Waals surface area contributed by atoms with Gasteiger partial charge in [-0.25, -0.2) is 0 Å². The normalized spacial score (nSPS) is 26.3. The highest BCUT2D eigenvalue weighted by molar-refractivity contribution is 5.38. The summed E-state index contributed by atoms with van der Waals surface area (Å²) in [6.45, 7) is 2.25. The SMILES string of the molecule is COc1ccc(C)cc1CC[C@@H]1CCc2cc([C@H]3CC[C@](N)(CO)C3)ccc2C1. The Morgan fingerprint density at radius 1 is 1.14 bits per heavy atom. The summed E-state index contributed by atoms with van der Waals surface area (Å²) in [5.74, 6) is 2.27. The van der Waals surface area contributed by atoms with Gasteiger partial charge in [0.25, 0.3) is 0 Å². The standard InChI is InChI=1S/C26H35NO2/c1-18-3-10-25(29-2)23(13-18)7-5-19-4-6-21-15-22(9-8-20(21)14-19)24-11-12-26(27,16-24)17-28/h3,8-10,13,15,19,24,28H,4-7,11-12,14,16-17,27H2,1-2H3/t19-,24-,26+/m0/s1. The zero-order valence-electron chi connectivity index (χ0n) is 17.9. The summed E-state index contributed by atoms with van der Waals surface area (Å²) in [5.41, 5.74) is 13.0. The molecule has 0 bridgehead atoms. The zero-order chi connectivity index (χ0) is 20.4. The van der Waals surface area contributed by atoms with E-state index in [1.165, 1.54) is 53.5 Å². The lowest BCUT2D eigenvalue weighted by atomic mass is 9.79. The lowest BCUT2D eigenvalue weighted by molar-refractivity contribution is 0.198. The summed E-state index contributed by atoms with van der Waals surface area (Å²) in [6, 6.07) is 13.6. The van der Waals surface area contributed by atoms with Gasteiger partial charge in [0, 0.05) is 5.54 Å². The van der Waals surface area contributed by atoms with Crippen molar-refractivity contribution in [3.63, 3.8) is 0 Å². The first-order chi connectivity index (χ1) is 14.0. The van der Waals surface area contributed by atoms with Crippen molar-refractivity contribution >= 4 is 0 Å². The first-order valence-corrected chi connectivity index (χ1v) is 11.1. The molecular weight excluding hydrogens is 358 g/mol. The Labute approximate surface area is 175 Å². The first-order valence-electron chi connectivity index (χ1n) is 11.1. The van der Waals surface area contributed by atoms with Gasteiger partial charge >= 0.3 is 0 Å². The molecule has 0 aromatic heterocycles. The molecule has 0 amide bonds. The third-order valence-electron chi connectivity index (χ3n) is 7.25. The molecule has 4 rings (SSSR count). The lowest BCUT2D eigenvalue weighted by Gasteiger charge is -2.26. The number of aliphatic hydroxyl groups excluding tert-OH is 1. The minimum absolute atomic E-state index is 0.0991. The number of aryl methyl sites for hydroxylation is 3. The summed E-state index contributed by atoms with van der Waals surface area (Å²) in [7, 11) is 1.77. The van der Waals surface area contributed by atoms with Crippen LogP contribution >= 0.6 is 0 Å². The van der Waals surface area contributed by atoms with E-state index in [1.807, 2.05) is 0 Å². The van der Waals surface area contributed by atoms with E-state index in [2.05, 4.69) is 43.3 Å². The Kier molecular flexibility index (Phi) is 5.98. The molecule has 3 atom stereocenters. The van der Waals surface area contributed by atoms with Crippen molar-refractivity contribution in [2.45, 2.75) is 69.7 Å². The maximum atomic E-state index is 9.56. The highest BCUT2D eigenvalue weighted by atomic mass is 16.5. The van der Waals surface area contributed by atoms with Gasteiger partial charge < -0.3 is 15.6 Å². The van der Waals surface area contributed by atoms with Crippen LogP contribution in [0, 0.1) is 12.8 Å². The van der Waals surface area contributed by atoms with Crippen LogP contribution in [-0.4, -0.2) is 24.4 Å². The summed E-state index contributed by atoms with van der Waals surface area (Å²) in [4.78, 5) is 0. The number of hydrogen-bond acceptors (Lipinski definition) is 3. The van der Waals surface area contributed by atoms with E-state index >= 15 is 0 Å². The van der Waals surface area contributed by atoms with Crippen LogP contribution in [0.5, 0.6) is 5.75 Å². The molecule has 0 spiro atoms. The predicted octanol–water partition coefficient (Wildman–Crippen LogP) is 4.70. The molecule has 3 heteroatoms. The Hall–Kier alpha value is -1.84. The molecule has 0 aliphatic heterocycles. The van der Waals surface area contributed by atoms with E-state index in [0.29, 0.717) is 5.92 Å². The number of methoxy groups -OCH3 is 1. The molecule has 2 aromatic carbocycles. The molecule has 156 valence electrons. The average molecular weight is 394 g/mol. The van der Waals surface area contributed by atoms with Crippen molar-refractivity contribution in [2.75, 3.05) is 13.7 Å². The van der Waals surface area contributed by atoms with Gasteiger partial charge in [-0.3, -0.25) is 0 Å². The van der Waals surface area contributed by atoms with Crippen LogP contribution in [0.4, 0.5) is 0 Å². The third kappa shape index (κ3) is 4.51. The zero-order valence-corrected chi connectivity index (χ0v) is 17.9. The van der Waals surface area contributed by atoms with Crippen LogP contribution in [0.2, 0.25) is 0 Å². The summed E-state index contributed by atoms with van der Waals surface area (Å²) in [5, 5.41) is 9.56. The van der Waals surface area contributed by atoms with Gasteiger partial charge in [-0.05, 0) is 98.4 Å². The van der Waals surface area contributed by atoms with E-state index in [9.17, 15) is 5.11 Å². The number of ether oxygens (including phenoxy) is 1. The van der Waals surface area contributed by atoms with Crippen LogP contribution in [0.1, 0.15) is 65.8 Å². The van der Waals surface area contributed by atoms with Crippen LogP contribution in [0.15, 0.2) is 36.4 Å². The largest absolute Gasteiger partial charge is 0.496 e. The second-order valence-electron chi connectivity index (χ2n) is 9.45. The van der Waals surface area contributed by atoms with Crippen molar-refractivity contribution in [1.82, 2.24) is 0 Å². The second-order valence-corrected chi connectivity index (χ2v) is 9.45. The minimum atomic E-state index is -0.373. The molecule has 0 unspecified atom stereocenters. The van der Waals surface area contributed by atoms with Crippen molar-refractivity contribution in [3.8, 4) is 5.75 Å². The average Bonchev–Trinajstić information content (AvgIpc) is 3.14. The highest BCUT2D eigenvalue weighted by Crippen LogP contribution is 2.41. The molecule has 29 heavy (non-hydrogen) atoms. The quantitative estimate of drug-likeness (QED) is 0.748. The summed E-state index contributed by atoms with van der Waals surface area (Å²) >= 11 is 0. The highest BCUT2D eigenvalue weighted by Gasteiger charge is 2.36. The maximum Gasteiger partial charge on any atom is 0.122 e. The molecule has 2 aliphatic carbocycles. The minimum Gasteiger partial charge on any atom is -0.496 e. The van der Waals surface area contributed by atoms with Crippen molar-refractivity contribution in [3.05, 3.63) is 64.2 Å². The third-order valence-corrected chi connectivity index (χ3v) is 7.25. The molecule has 0 heterocycles. The number of nitrogens with two attached hydrogens (primary N) is 1. The van der Waals surface area contributed by atoms with E-state index in [0.717, 1.165) is 37.4 Å². The fourth-order valence-electron chi connectivity index (χ4n) is 5.40. The molecule has 3 N–H and O–H groups in total. The Balaban J connectivity index is 1.39. The molecule has 2 aliphatic rings. The summed E-state index contributed by atoms with van der Waals surface area (Å²) in [6.07, 6.45) is 8.87. The number of hydrogen-bond donors (Lipinski definition) is 2. The smallest absolute Gasteiger partial charge is 0.122 e. The molecule has 1 saturated carbocycles. The van der Waals surface area contributed by atoms with Gasteiger partial charge in [0.15, 0.2) is 0 Å². The van der Waals surface area contributed by atoms with Crippen molar-refractivity contribution in [1.29, 1.82) is 0 Å². The van der Waals surface area contributed by atoms with Gasteiger partial charge in [-0.2, -0.15) is 0 Å². The topological polar surface area (TPSA) is 55.5 Å². The molecule has 0 saturated heterocycles. The van der Waals surface area contributed by atoms with Gasteiger partial charge in [0.2, 0.25) is 0 Å². The summed E-state index contributed by atoms with van der Waals surface area (Å²) < 4.78 is 5.56. The van der Waals surface area contributed by atoms with Crippen molar-refractivity contribution in [2.24, 2.45) is 11.7 Å². The van der Waals surface area contributed by atoms with E-state index in [4.69, 9.17) is 10.5 Å². The lowest BCUT2D eigenvalue weighted by Crippen LogP contribution is -2.40. The van der Waals surface area contributed by atoms with E-state index in [1.54, 1.807) is 7.11 Å². The van der Waals surface area contributed by atoms with Gasteiger partial charge in [-0.15, -0.1) is 0 Å². The fourth-order valence-corrected chi connectivity index (χ4v) is 5.40. The number of benzene rings is 2. The molecule has 3 nitrogen and oxygen atoms in total. The Morgan fingerprint density at radius 3 is 2.76 bits per heavy atom. The molecule has 2 aromatic rings. The molecular formula is C26H35NO2. The first kappa shape index (κ1) is 20.4. The number of aliphatic hydroxyl groups is 1. The molecule has 0 radical (unpaired) electrons. The van der Waals surface area contributed by atoms with Crippen LogP contribution in [-0.2, 0) is 19.3 Å². The monoisotopic (exact) mass is 393 g/mol. The van der Waals surface area contributed by atoms with Gasteiger partial charge in [-0.1, -0.05) is 35.9 Å². The second kappa shape index (κ2) is 8.49. The van der Waals surface area contributed by atoms with Gasteiger partial charge in [0.1, 0.15) is 5.75 Å². The fraction of sp³-hybridized carbons (Fsp3) is 0.538. The van der Waals surface area contributed by atoms with Crippen LogP contribution in [0.25, 0.3) is 0 Å². The number of fused-ring (bicyclic) bond motifs is 1. The molecule has 1 fully saturated rings. The Bertz CT molecular complexity index is 862. The van der Waals surface area contributed by atoms with Crippen LogP contribution in [0.3, 0.4) is 0 Å². The predicted molar refractivity (Wildman–Crippen MR) is 119 cm³/mol. The maximum absolute atomic E-state index is 9.56. The van der Waals surface area contributed by atoms with Crippen LogP contribution < -0.4 is 10.5 Å². The van der Waals surface area contributed by atoms with E-state index in [-0.39, 0.29) is 12.1 Å². The Morgan fingerprint density at radius 2 is 2.00 bits per heavy atom. The number of rotatable bonds is 6.